The van der Waals surface area contributed by atoms with Crippen molar-refractivity contribution in [2.75, 3.05) is 0 Å². The predicted octanol–water partition coefficient (Wildman–Crippen LogP) is 12.7. The molecule has 9 aromatic rings. The number of benzene rings is 7. The highest BCUT2D eigenvalue weighted by Gasteiger charge is 2.20. The van der Waals surface area contributed by atoms with Gasteiger partial charge in [-0.3, -0.25) is 0 Å². The first kappa shape index (κ1) is 23.6. The third kappa shape index (κ3) is 3.44. The topological polar surface area (TPSA) is 9.23 Å². The van der Waals surface area contributed by atoms with Crippen LogP contribution in [0.15, 0.2) is 133 Å². The third-order valence-corrected chi connectivity index (χ3v) is 11.2. The van der Waals surface area contributed by atoms with Crippen LogP contribution in [0.4, 0.5) is 0 Å². The molecule has 2 aromatic heterocycles. The molecule has 0 atom stereocenters. The second-order valence-electron chi connectivity index (χ2n) is 11.3. The second-order valence-corrected chi connectivity index (χ2v) is 13.4. The van der Waals surface area contributed by atoms with Crippen molar-refractivity contribution in [1.29, 1.82) is 0 Å². The van der Waals surface area contributed by atoms with Crippen molar-refractivity contribution in [2.24, 2.45) is 0 Å². The molecule has 3 heteroatoms. The first-order valence-electron chi connectivity index (χ1n) is 14.5. The van der Waals surface area contributed by atoms with Gasteiger partial charge in [0, 0.05) is 51.3 Å². The van der Waals surface area contributed by atoms with E-state index in [1.54, 1.807) is 0 Å². The van der Waals surface area contributed by atoms with E-state index in [0.717, 1.165) is 17.1 Å². The summed E-state index contributed by atoms with van der Waals surface area (Å²) in [5.74, 6) is 1.85. The van der Waals surface area contributed by atoms with Crippen LogP contribution in [-0.4, -0.2) is 0 Å². The maximum atomic E-state index is 6.34. The number of thiophene rings is 2. The lowest BCUT2D eigenvalue weighted by Gasteiger charge is -2.22. The summed E-state index contributed by atoms with van der Waals surface area (Å²) in [5.41, 5.74) is 7.41. The molecule has 0 spiro atoms. The molecule has 0 fully saturated rings. The van der Waals surface area contributed by atoms with Crippen LogP contribution in [0.1, 0.15) is 0 Å². The molecule has 0 radical (unpaired) electrons. The van der Waals surface area contributed by atoms with Gasteiger partial charge in [0.25, 0.3) is 0 Å². The van der Waals surface area contributed by atoms with Gasteiger partial charge in [-0.25, -0.2) is 0 Å². The molecule has 1 aliphatic rings. The highest BCUT2D eigenvalue weighted by atomic mass is 32.1. The van der Waals surface area contributed by atoms with Gasteiger partial charge in [-0.15, -0.1) is 22.7 Å². The van der Waals surface area contributed by atoms with Crippen LogP contribution < -0.4 is 4.74 Å². The Morgan fingerprint density at radius 2 is 1.07 bits per heavy atom. The first-order chi connectivity index (χ1) is 21.3. The number of ether oxygens (including phenoxy) is 1. The van der Waals surface area contributed by atoms with Crippen LogP contribution in [0.25, 0.3) is 84.5 Å². The zero-order valence-electron chi connectivity index (χ0n) is 22.9. The highest BCUT2D eigenvalue weighted by Crippen LogP contribution is 2.48. The van der Waals surface area contributed by atoms with Gasteiger partial charge < -0.3 is 4.74 Å². The quantitative estimate of drug-likeness (QED) is 0.197. The molecule has 7 aromatic carbocycles. The molecular formula is C40H22OS2. The number of rotatable bonds is 2. The van der Waals surface area contributed by atoms with Gasteiger partial charge >= 0.3 is 0 Å². The standard InChI is InChI=1S/C40H22OS2/c1-2-13-36-28(8-1)32-11-5-9-27(40(32)43-36)26-15-18-30-29-17-14-25(21-37(29)42-38(30)22-26)24-16-19-34-33(20-24)31-10-3-6-23-7-4-12-35(41-34)39(23)31/h1-22H. The maximum Gasteiger partial charge on any atom is 0.135 e. The van der Waals surface area contributed by atoms with E-state index in [-0.39, 0.29) is 0 Å². The van der Waals surface area contributed by atoms with Gasteiger partial charge in [0.2, 0.25) is 0 Å². The fraction of sp³-hybridized carbons (Fsp3) is 0. The molecule has 0 saturated heterocycles. The fourth-order valence-corrected chi connectivity index (χ4v) is 9.27. The molecule has 200 valence electrons. The molecule has 0 bridgehead atoms. The van der Waals surface area contributed by atoms with Gasteiger partial charge in [0.15, 0.2) is 0 Å². The Labute approximate surface area is 255 Å². The molecule has 1 nitrogen and oxygen atoms in total. The van der Waals surface area contributed by atoms with Crippen LogP contribution in [0.5, 0.6) is 11.5 Å². The summed E-state index contributed by atoms with van der Waals surface area (Å²) in [6.45, 7) is 0. The molecule has 0 N–H and O–H groups in total. The van der Waals surface area contributed by atoms with Crippen LogP contribution in [0.3, 0.4) is 0 Å². The summed E-state index contributed by atoms with van der Waals surface area (Å²) in [7, 11) is 0. The average Bonchev–Trinajstić information content (AvgIpc) is 3.62. The molecule has 3 heterocycles. The molecule has 0 unspecified atom stereocenters. The molecule has 43 heavy (non-hydrogen) atoms. The van der Waals surface area contributed by atoms with Gasteiger partial charge in [-0.2, -0.15) is 0 Å². The smallest absolute Gasteiger partial charge is 0.135 e. The minimum atomic E-state index is 0.916. The first-order valence-corrected chi connectivity index (χ1v) is 16.1. The van der Waals surface area contributed by atoms with Crippen LogP contribution in [0, 0.1) is 0 Å². The highest BCUT2D eigenvalue weighted by molar-refractivity contribution is 7.26. The van der Waals surface area contributed by atoms with Gasteiger partial charge in [-0.1, -0.05) is 97.1 Å². The van der Waals surface area contributed by atoms with E-state index in [9.17, 15) is 0 Å². The Morgan fingerprint density at radius 1 is 0.395 bits per heavy atom. The molecule has 1 aliphatic heterocycles. The summed E-state index contributed by atoms with van der Waals surface area (Å²) >= 11 is 3.78. The van der Waals surface area contributed by atoms with Crippen molar-refractivity contribution in [1.82, 2.24) is 0 Å². The minimum Gasteiger partial charge on any atom is -0.456 e. The van der Waals surface area contributed by atoms with Crippen molar-refractivity contribution in [2.45, 2.75) is 0 Å². The summed E-state index contributed by atoms with van der Waals surface area (Å²) in [4.78, 5) is 0. The Balaban J connectivity index is 1.09. The van der Waals surface area contributed by atoms with E-state index in [1.165, 1.54) is 78.9 Å². The molecule has 0 aliphatic carbocycles. The van der Waals surface area contributed by atoms with E-state index < -0.39 is 0 Å². The zero-order valence-corrected chi connectivity index (χ0v) is 24.6. The molecule has 10 rings (SSSR count). The van der Waals surface area contributed by atoms with Gasteiger partial charge in [0.1, 0.15) is 11.5 Å². The summed E-state index contributed by atoms with van der Waals surface area (Å²) in [5, 5.41) is 7.72. The van der Waals surface area contributed by atoms with Gasteiger partial charge in [-0.05, 0) is 69.6 Å². The normalized spacial score (nSPS) is 12.4. The third-order valence-electron chi connectivity index (χ3n) is 8.88. The van der Waals surface area contributed by atoms with Crippen molar-refractivity contribution in [3.8, 4) is 44.9 Å². The Kier molecular flexibility index (Phi) is 4.81. The van der Waals surface area contributed by atoms with Crippen molar-refractivity contribution in [3.05, 3.63) is 133 Å². The Morgan fingerprint density at radius 3 is 1.98 bits per heavy atom. The predicted molar refractivity (Wildman–Crippen MR) is 186 cm³/mol. The van der Waals surface area contributed by atoms with E-state index in [0.29, 0.717) is 0 Å². The Bertz CT molecular complexity index is 2600. The second kappa shape index (κ2) is 8.78. The number of hydrogen-bond donors (Lipinski definition) is 0. The lowest BCUT2D eigenvalue weighted by molar-refractivity contribution is 0.487. The lowest BCUT2D eigenvalue weighted by atomic mass is 9.92. The molecule has 0 amide bonds. The van der Waals surface area contributed by atoms with E-state index in [2.05, 4.69) is 133 Å². The zero-order chi connectivity index (χ0) is 28.1. The summed E-state index contributed by atoms with van der Waals surface area (Å²) < 4.78 is 11.7. The van der Waals surface area contributed by atoms with Crippen LogP contribution in [0.2, 0.25) is 0 Å². The summed E-state index contributed by atoms with van der Waals surface area (Å²) in [6.07, 6.45) is 0. The number of hydrogen-bond acceptors (Lipinski definition) is 3. The average molecular weight is 583 g/mol. The van der Waals surface area contributed by atoms with Crippen LogP contribution in [-0.2, 0) is 0 Å². The monoisotopic (exact) mass is 582 g/mol. The molecule has 0 saturated carbocycles. The van der Waals surface area contributed by atoms with E-state index >= 15 is 0 Å². The van der Waals surface area contributed by atoms with Gasteiger partial charge in [0.05, 0.1) is 0 Å². The van der Waals surface area contributed by atoms with Crippen molar-refractivity contribution >= 4 is 73.8 Å². The molecular weight excluding hydrogens is 561 g/mol. The van der Waals surface area contributed by atoms with E-state index in [1.807, 2.05) is 22.7 Å². The summed E-state index contributed by atoms with van der Waals surface area (Å²) in [6, 6.07) is 48.7. The minimum absolute atomic E-state index is 0.916. The largest absolute Gasteiger partial charge is 0.456 e. The van der Waals surface area contributed by atoms with Crippen LogP contribution >= 0.6 is 22.7 Å². The van der Waals surface area contributed by atoms with E-state index in [4.69, 9.17) is 4.74 Å². The fourth-order valence-electron chi connectivity index (χ4n) is 6.84. The maximum absolute atomic E-state index is 6.34. The van der Waals surface area contributed by atoms with Crippen molar-refractivity contribution in [3.63, 3.8) is 0 Å². The lowest BCUT2D eigenvalue weighted by Crippen LogP contribution is -1.97. The van der Waals surface area contributed by atoms with Crippen molar-refractivity contribution < 1.29 is 4.74 Å². The Hall–Kier alpha value is -4.96. The number of fused-ring (bicyclic) bond motifs is 8. The SMILES string of the molecule is c1cc2c3c(cccc3c1)-c1cc(-c3ccc4c(c3)sc3cc(-c5cccc6c5sc5ccccc56)ccc34)ccc1O2.